The van der Waals surface area contributed by atoms with Gasteiger partial charge in [0.25, 0.3) is 0 Å². The first-order valence-corrected chi connectivity index (χ1v) is 0.742. The smallest absolute Gasteiger partial charge is 1.00 e. The summed E-state index contributed by atoms with van der Waals surface area (Å²) in [6.07, 6.45) is 0. The van der Waals surface area contributed by atoms with Crippen molar-refractivity contribution in [3.63, 3.8) is 0 Å². The second-order valence-corrected chi connectivity index (χ2v) is 0. The van der Waals surface area contributed by atoms with E-state index in [2.05, 4.69) is 0 Å². The summed E-state index contributed by atoms with van der Waals surface area (Å²) in [6.45, 7) is 0. The van der Waals surface area contributed by atoms with Crippen LogP contribution in [0.4, 0.5) is 3.56 Å². The zero-order valence-corrected chi connectivity index (χ0v) is 10.2. The molecule has 4 heteroatoms. The Labute approximate surface area is 93.6 Å². The minimum absolute atomic E-state index is 0. The van der Waals surface area contributed by atoms with Crippen LogP contribution >= 0.6 is 40.4 Å². The van der Waals surface area contributed by atoms with Gasteiger partial charge in [-0.05, 0) is 0 Å². The molecule has 0 aromatic rings. The predicted molar refractivity (Wildman–Crippen MR) is 33.4 cm³/mol. The van der Waals surface area contributed by atoms with Crippen LogP contribution in [0.5, 0.6) is 0 Å². The van der Waals surface area contributed by atoms with Crippen LogP contribution < -0.4 is 0 Å². The van der Waals surface area contributed by atoms with Gasteiger partial charge in [-0.3, -0.25) is 0 Å². The molecule has 0 unspecified atom stereocenters. The second kappa shape index (κ2) is 17.2. The van der Waals surface area contributed by atoms with Gasteiger partial charge in [0.15, 0.2) is 16.4 Å². The molecule has 0 saturated carbocycles. The Hall–Kier alpha value is 2.71. The molecule has 0 radical (unpaired) electrons. The van der Waals surface area contributed by atoms with Gasteiger partial charge in [0.2, 0.25) is 0 Å². The van der Waals surface area contributed by atoms with Crippen molar-refractivity contribution in [3.05, 3.63) is 0 Å². The first-order valence-electron chi connectivity index (χ1n) is 0.143. The third-order valence-corrected chi connectivity index (χ3v) is 0. The van der Waals surface area contributed by atoms with E-state index in [0.29, 0.717) is 0 Å². The van der Waals surface area contributed by atoms with Crippen molar-refractivity contribution in [2.75, 3.05) is 0 Å². The summed E-state index contributed by atoms with van der Waals surface area (Å²) in [6, 6.07) is 0. The van der Waals surface area contributed by atoms with Crippen molar-refractivity contribution >= 4 is 89.2 Å². The quantitative estimate of drug-likeness (QED) is 0.453. The SMILES string of the molecule is FBr.I.[Ba+2].[H-].[H-]. The maximum absolute atomic E-state index is 9.31. The van der Waals surface area contributed by atoms with Gasteiger partial charge in [-0.1, -0.05) is 0 Å². The Morgan fingerprint density at radius 1 is 1.50 bits per heavy atom. The topological polar surface area (TPSA) is 0 Å². The van der Waals surface area contributed by atoms with Crippen molar-refractivity contribution in [1.82, 2.24) is 0 Å². The van der Waals surface area contributed by atoms with E-state index in [9.17, 15) is 3.56 Å². The number of halogens is 3. The van der Waals surface area contributed by atoms with Crippen LogP contribution in [0.25, 0.3) is 0 Å². The minimum atomic E-state index is 0. The molecule has 0 atom stereocenters. The molecule has 0 saturated heterocycles. The van der Waals surface area contributed by atoms with Crippen LogP contribution in [0, 0.1) is 0 Å². The molecule has 0 aliphatic carbocycles. The molecule has 0 fully saturated rings. The Balaban J connectivity index is -0.000000000833. The van der Waals surface area contributed by atoms with Gasteiger partial charge in [-0.25, -0.2) is 0 Å². The van der Waals surface area contributed by atoms with Gasteiger partial charge >= 0.3 is 48.9 Å². The van der Waals surface area contributed by atoms with Gasteiger partial charge in [0, 0.05) is 0 Å². The molecule has 0 N–H and O–H groups in total. The monoisotopic (exact) mass is 366 g/mol. The maximum Gasteiger partial charge on any atom is 2.00 e. The zero-order valence-electron chi connectivity index (χ0n) is 3.87. The zero-order chi connectivity index (χ0) is 2.00. The molecule has 0 spiro atoms. The summed E-state index contributed by atoms with van der Waals surface area (Å²) in [4.78, 5) is 0. The van der Waals surface area contributed by atoms with E-state index in [1.807, 2.05) is 0 Å². The van der Waals surface area contributed by atoms with Crippen molar-refractivity contribution < 1.29 is 6.41 Å². The van der Waals surface area contributed by atoms with Crippen LogP contribution in [-0.4, -0.2) is 48.9 Å². The Kier molecular flexibility index (Phi) is 68.5. The van der Waals surface area contributed by atoms with Crippen molar-refractivity contribution in [3.8, 4) is 0 Å². The second-order valence-electron chi connectivity index (χ2n) is 0. The summed E-state index contributed by atoms with van der Waals surface area (Å²) in [5.74, 6) is 0. The van der Waals surface area contributed by atoms with Gasteiger partial charge in [-0.2, -0.15) is 3.56 Å². The summed E-state index contributed by atoms with van der Waals surface area (Å²) in [5, 5.41) is 0. The molecule has 0 amide bonds. The van der Waals surface area contributed by atoms with Crippen LogP contribution in [0.1, 0.15) is 2.85 Å². The number of hydrogen-bond donors (Lipinski definition) is 0. The molecule has 0 nitrogen and oxygen atoms in total. The van der Waals surface area contributed by atoms with Crippen LogP contribution in [0.15, 0.2) is 0 Å². The van der Waals surface area contributed by atoms with Crippen molar-refractivity contribution in [1.29, 1.82) is 0 Å². The summed E-state index contributed by atoms with van der Waals surface area (Å²) < 4.78 is 9.31. The van der Waals surface area contributed by atoms with E-state index in [1.165, 1.54) is 16.4 Å². The van der Waals surface area contributed by atoms with E-state index in [4.69, 9.17) is 0 Å². The van der Waals surface area contributed by atoms with E-state index in [0.717, 1.165) is 0 Å². The van der Waals surface area contributed by atoms with Crippen LogP contribution in [-0.2, 0) is 0 Å². The summed E-state index contributed by atoms with van der Waals surface area (Å²) in [7, 11) is 0. The molecule has 0 heterocycles. The fraction of sp³-hybridized carbons (Fsp3) is 0. The predicted octanol–water partition coefficient (Wildman–Crippen LogP) is 1.73. The average molecular weight is 366 g/mol. The number of rotatable bonds is 0. The summed E-state index contributed by atoms with van der Waals surface area (Å²) >= 11 is 1.44. The molecule has 0 aromatic carbocycles. The van der Waals surface area contributed by atoms with E-state index in [-0.39, 0.29) is 75.7 Å². The Bertz CT molecular complexity index is 13.5. The fourth-order valence-electron chi connectivity index (χ4n) is 0. The molecule has 0 aromatic heterocycles. The molecular weight excluding hydrogens is 363 g/mol. The van der Waals surface area contributed by atoms with E-state index in [1.54, 1.807) is 0 Å². The molecular formula is H3BaBrFI. The fourth-order valence-corrected chi connectivity index (χ4v) is 0. The largest absolute Gasteiger partial charge is 2.00 e. The average Bonchev–Trinajstić information content (AvgIpc) is 1.00. The van der Waals surface area contributed by atoms with Gasteiger partial charge < -0.3 is 2.85 Å². The molecule has 4 heavy (non-hydrogen) atoms. The third kappa shape index (κ3) is 8.83. The van der Waals surface area contributed by atoms with Gasteiger partial charge in [0.05, 0.1) is 0 Å². The molecule has 0 aliphatic rings. The molecule has 26 valence electrons. The first-order chi connectivity index (χ1) is 1.00. The van der Waals surface area contributed by atoms with Crippen molar-refractivity contribution in [2.24, 2.45) is 0 Å². The number of hydrogen-bond acceptors (Lipinski definition) is 0. The van der Waals surface area contributed by atoms with Crippen LogP contribution in [0.2, 0.25) is 0 Å². The Morgan fingerprint density at radius 3 is 1.50 bits per heavy atom. The van der Waals surface area contributed by atoms with E-state index < -0.39 is 0 Å². The van der Waals surface area contributed by atoms with Crippen molar-refractivity contribution in [2.45, 2.75) is 0 Å². The van der Waals surface area contributed by atoms with Gasteiger partial charge in [0.1, 0.15) is 0 Å². The first kappa shape index (κ1) is 15.9. The molecule has 0 aliphatic heterocycles. The molecule has 0 rings (SSSR count). The Morgan fingerprint density at radius 2 is 1.50 bits per heavy atom. The minimum Gasteiger partial charge on any atom is -1.00 e. The normalized spacial score (nSPS) is 1.50. The standard InChI is InChI=1S/Ba.BrF.HI.2H/c;1-2;;;/h;;1H;;/q+2;;;2*-1. The maximum atomic E-state index is 9.31. The van der Waals surface area contributed by atoms with E-state index >= 15 is 0 Å². The third-order valence-electron chi connectivity index (χ3n) is 0. The summed E-state index contributed by atoms with van der Waals surface area (Å²) in [5.41, 5.74) is 0. The van der Waals surface area contributed by atoms with Crippen LogP contribution in [0.3, 0.4) is 0 Å². The molecule has 0 bridgehead atoms. The van der Waals surface area contributed by atoms with Gasteiger partial charge in [-0.15, -0.1) is 24.0 Å².